The summed E-state index contributed by atoms with van der Waals surface area (Å²) in [6.07, 6.45) is -0.168. The lowest BCUT2D eigenvalue weighted by molar-refractivity contribution is -0.133. The highest BCUT2D eigenvalue weighted by Crippen LogP contribution is 2.21. The molecule has 1 fully saturated rings. The number of nitrogens with zero attached hydrogens (tertiary/aromatic N) is 1. The second kappa shape index (κ2) is 8.88. The van der Waals surface area contributed by atoms with E-state index in [1.807, 2.05) is 30.3 Å². The molecule has 27 heavy (non-hydrogen) atoms. The fourth-order valence-corrected chi connectivity index (χ4v) is 2.83. The van der Waals surface area contributed by atoms with Crippen LogP contribution in [0.25, 0.3) is 0 Å². The zero-order valence-electron chi connectivity index (χ0n) is 16.4. The van der Waals surface area contributed by atoms with Crippen LogP contribution in [-0.4, -0.2) is 47.8 Å². The Morgan fingerprint density at radius 3 is 2.59 bits per heavy atom. The number of alkyl carbamates (subject to hydrolysis) is 1. The Bertz CT molecular complexity index is 669. The number of amides is 3. The van der Waals surface area contributed by atoms with E-state index in [9.17, 15) is 14.4 Å². The lowest BCUT2D eigenvalue weighted by atomic mass is 10.0. The number of cyclic esters (lactones) is 1. The molecule has 148 valence electrons. The summed E-state index contributed by atoms with van der Waals surface area (Å²) in [6.45, 7) is 7.57. The molecule has 1 aromatic carbocycles. The van der Waals surface area contributed by atoms with Crippen LogP contribution in [0.3, 0.4) is 0 Å². The van der Waals surface area contributed by atoms with Crippen LogP contribution in [0.5, 0.6) is 0 Å². The van der Waals surface area contributed by atoms with E-state index in [1.165, 1.54) is 4.90 Å². The maximum atomic E-state index is 12.7. The molecule has 0 saturated carbocycles. The van der Waals surface area contributed by atoms with Crippen LogP contribution in [0.4, 0.5) is 9.59 Å². The first-order valence-corrected chi connectivity index (χ1v) is 9.18. The van der Waals surface area contributed by atoms with Gasteiger partial charge in [0.05, 0.1) is 6.04 Å². The number of hydrogen-bond donors (Lipinski definition) is 1. The molecule has 1 N–H and O–H groups in total. The van der Waals surface area contributed by atoms with Crippen molar-refractivity contribution in [3.05, 3.63) is 35.9 Å². The second-order valence-corrected chi connectivity index (χ2v) is 7.75. The molecule has 0 aliphatic carbocycles. The van der Waals surface area contributed by atoms with Crippen molar-refractivity contribution in [2.45, 2.75) is 52.2 Å². The monoisotopic (exact) mass is 376 g/mol. The third-order valence-corrected chi connectivity index (χ3v) is 4.18. The van der Waals surface area contributed by atoms with Gasteiger partial charge in [-0.15, -0.1) is 0 Å². The third-order valence-electron chi connectivity index (χ3n) is 4.18. The lowest BCUT2D eigenvalue weighted by Crippen LogP contribution is -2.43. The molecule has 0 unspecified atom stereocenters. The molecule has 0 aromatic heterocycles. The van der Waals surface area contributed by atoms with Crippen molar-refractivity contribution in [3.8, 4) is 0 Å². The summed E-state index contributed by atoms with van der Waals surface area (Å²) in [6, 6.07) is 9.37. The number of carbonyl (C=O) groups excluding carboxylic acids is 3. The molecule has 0 bridgehead atoms. The van der Waals surface area contributed by atoms with Crippen LogP contribution in [0, 0.1) is 5.92 Å². The fourth-order valence-electron chi connectivity index (χ4n) is 2.83. The number of imide groups is 1. The molecule has 0 radical (unpaired) electrons. The van der Waals surface area contributed by atoms with E-state index in [0.29, 0.717) is 12.8 Å². The minimum absolute atomic E-state index is 0.197. The van der Waals surface area contributed by atoms with Gasteiger partial charge in [-0.25, -0.2) is 14.5 Å². The summed E-state index contributed by atoms with van der Waals surface area (Å²) >= 11 is 0. The highest BCUT2D eigenvalue weighted by atomic mass is 16.6. The molecule has 0 spiro atoms. The van der Waals surface area contributed by atoms with E-state index >= 15 is 0 Å². The normalized spacial score (nSPS) is 18.0. The quantitative estimate of drug-likeness (QED) is 0.824. The highest BCUT2D eigenvalue weighted by molar-refractivity contribution is 5.94. The average molecular weight is 376 g/mol. The van der Waals surface area contributed by atoms with Crippen LogP contribution >= 0.6 is 0 Å². The molecule has 2 rings (SSSR count). The summed E-state index contributed by atoms with van der Waals surface area (Å²) < 4.78 is 10.3. The van der Waals surface area contributed by atoms with E-state index in [0.717, 1.165) is 5.56 Å². The number of ether oxygens (including phenoxy) is 2. The number of benzene rings is 1. The predicted molar refractivity (Wildman–Crippen MR) is 100 cm³/mol. The lowest BCUT2D eigenvalue weighted by Gasteiger charge is -2.23. The van der Waals surface area contributed by atoms with Crippen LogP contribution in [0.2, 0.25) is 0 Å². The van der Waals surface area contributed by atoms with E-state index in [2.05, 4.69) is 5.32 Å². The van der Waals surface area contributed by atoms with Crippen LogP contribution < -0.4 is 5.32 Å². The van der Waals surface area contributed by atoms with Gasteiger partial charge in [-0.3, -0.25) is 4.79 Å². The van der Waals surface area contributed by atoms with Crippen molar-refractivity contribution < 1.29 is 23.9 Å². The molecule has 1 aliphatic rings. The Hall–Kier alpha value is -2.57. The third kappa shape index (κ3) is 6.27. The molecular formula is C20H28N2O5. The maximum absolute atomic E-state index is 12.7. The summed E-state index contributed by atoms with van der Waals surface area (Å²) in [5, 5.41) is 2.63. The van der Waals surface area contributed by atoms with Crippen molar-refractivity contribution in [3.63, 3.8) is 0 Å². The molecule has 3 amide bonds. The van der Waals surface area contributed by atoms with Gasteiger partial charge in [0.1, 0.15) is 12.2 Å². The topological polar surface area (TPSA) is 84.9 Å². The number of rotatable bonds is 6. The Labute approximate surface area is 160 Å². The fraction of sp³-hybridized carbons (Fsp3) is 0.550. The molecule has 2 atom stereocenters. The minimum Gasteiger partial charge on any atom is -0.447 e. The molecule has 1 saturated heterocycles. The molecule has 1 heterocycles. The van der Waals surface area contributed by atoms with Gasteiger partial charge in [-0.2, -0.15) is 0 Å². The molecular weight excluding hydrogens is 348 g/mol. The number of hydrogen-bond acceptors (Lipinski definition) is 5. The van der Waals surface area contributed by atoms with Gasteiger partial charge in [-0.1, -0.05) is 37.3 Å². The van der Waals surface area contributed by atoms with Gasteiger partial charge in [0.2, 0.25) is 5.91 Å². The summed E-state index contributed by atoms with van der Waals surface area (Å²) in [4.78, 5) is 37.7. The van der Waals surface area contributed by atoms with Gasteiger partial charge in [0, 0.05) is 12.5 Å². The Kier molecular flexibility index (Phi) is 6.82. The Morgan fingerprint density at radius 2 is 1.96 bits per heavy atom. The molecule has 7 heteroatoms. The summed E-state index contributed by atoms with van der Waals surface area (Å²) in [5.41, 5.74) is 0.466. The van der Waals surface area contributed by atoms with Gasteiger partial charge < -0.3 is 14.8 Å². The first-order chi connectivity index (χ1) is 12.7. The standard InChI is InChI=1S/C20H28N2O5/c1-14(10-11-21-18(24)27-20(2,3)4)17(23)22-16(13-26-19(22)25)12-15-8-6-5-7-9-15/h5-9,14,16H,10-13H2,1-4H3,(H,21,24)/t14-,16+/m0/s1. The van der Waals surface area contributed by atoms with Crippen molar-refractivity contribution in [2.24, 2.45) is 5.92 Å². The Morgan fingerprint density at radius 1 is 1.30 bits per heavy atom. The van der Waals surface area contributed by atoms with Gasteiger partial charge in [0.15, 0.2) is 0 Å². The van der Waals surface area contributed by atoms with E-state index in [4.69, 9.17) is 9.47 Å². The SMILES string of the molecule is C[C@@H](CCNC(=O)OC(C)(C)C)C(=O)N1C(=O)OC[C@H]1Cc1ccccc1. The largest absolute Gasteiger partial charge is 0.447 e. The average Bonchev–Trinajstić information content (AvgIpc) is 2.93. The maximum Gasteiger partial charge on any atom is 0.416 e. The van der Waals surface area contributed by atoms with Crippen molar-refractivity contribution >= 4 is 18.1 Å². The van der Waals surface area contributed by atoms with Gasteiger partial charge in [0.25, 0.3) is 0 Å². The van der Waals surface area contributed by atoms with Crippen LogP contribution in [0.15, 0.2) is 30.3 Å². The predicted octanol–water partition coefficient (Wildman–Crippen LogP) is 3.13. The minimum atomic E-state index is -0.604. The van der Waals surface area contributed by atoms with E-state index in [1.54, 1.807) is 27.7 Å². The van der Waals surface area contributed by atoms with Crippen LogP contribution in [0.1, 0.15) is 39.7 Å². The summed E-state index contributed by atoms with van der Waals surface area (Å²) in [7, 11) is 0. The van der Waals surface area contributed by atoms with Crippen molar-refractivity contribution in [1.29, 1.82) is 0 Å². The first-order valence-electron chi connectivity index (χ1n) is 9.18. The smallest absolute Gasteiger partial charge is 0.416 e. The first kappa shape index (κ1) is 20.7. The van der Waals surface area contributed by atoms with E-state index in [-0.39, 0.29) is 25.1 Å². The second-order valence-electron chi connectivity index (χ2n) is 7.75. The van der Waals surface area contributed by atoms with Crippen LogP contribution in [-0.2, 0) is 20.7 Å². The highest BCUT2D eigenvalue weighted by Gasteiger charge is 2.39. The summed E-state index contributed by atoms with van der Waals surface area (Å²) in [5.74, 6) is -0.715. The molecule has 1 aliphatic heterocycles. The Balaban J connectivity index is 1.88. The number of carbonyl (C=O) groups is 3. The molecule has 1 aromatic rings. The van der Waals surface area contributed by atoms with Crippen molar-refractivity contribution in [2.75, 3.05) is 13.2 Å². The van der Waals surface area contributed by atoms with Gasteiger partial charge in [-0.05, 0) is 39.2 Å². The van der Waals surface area contributed by atoms with E-state index < -0.39 is 23.7 Å². The van der Waals surface area contributed by atoms with Gasteiger partial charge >= 0.3 is 12.2 Å². The zero-order valence-corrected chi connectivity index (χ0v) is 16.4. The zero-order chi connectivity index (χ0) is 20.0. The number of nitrogens with one attached hydrogen (secondary N) is 1. The van der Waals surface area contributed by atoms with Crippen molar-refractivity contribution in [1.82, 2.24) is 10.2 Å². The molecule has 7 nitrogen and oxygen atoms in total.